The number of aryl methyl sites for hydroxylation is 6. The number of nitrogens with one attached hydrogen (secondary N) is 1. The minimum Gasteiger partial charge on any atom is -0.651 e. The smallest absolute Gasteiger partial charge is 0.254 e. The molecular formula is C60H77N6O5UVY-3. The van der Waals surface area contributed by atoms with E-state index in [-0.39, 0.29) is 133 Å². The van der Waals surface area contributed by atoms with Gasteiger partial charge in [-0.15, -0.1) is 6.54 Å². The minimum absolute atomic E-state index is 0. The van der Waals surface area contributed by atoms with Crippen LogP contribution in [0, 0.1) is 73.7 Å². The summed E-state index contributed by atoms with van der Waals surface area (Å²) >= 11 is 0. The van der Waals surface area contributed by atoms with Crippen molar-refractivity contribution in [2.24, 2.45) is 0 Å². The Morgan fingerprint density at radius 2 is 0.905 bits per heavy atom. The van der Waals surface area contributed by atoms with Gasteiger partial charge in [0.15, 0.2) is 0 Å². The molecular weight excluding hydrogens is 1260 g/mol. The van der Waals surface area contributed by atoms with Crippen LogP contribution in [0.2, 0.25) is 0 Å². The van der Waals surface area contributed by atoms with Gasteiger partial charge in [-0.3, -0.25) is 24.0 Å². The minimum atomic E-state index is 0. The van der Waals surface area contributed by atoms with Crippen LogP contribution < -0.4 is 20.0 Å². The molecule has 0 bridgehead atoms. The zero-order valence-corrected chi connectivity index (χ0v) is 54.4. The van der Waals surface area contributed by atoms with E-state index in [9.17, 15) is 24.0 Å². The maximum Gasteiger partial charge on any atom is 0.254 e. The van der Waals surface area contributed by atoms with Gasteiger partial charge in [0, 0.05) is 164 Å². The van der Waals surface area contributed by atoms with Gasteiger partial charge in [0.1, 0.15) is 0 Å². The molecule has 1 N–H and O–H groups in total. The molecule has 2 unspecified atom stereocenters. The van der Waals surface area contributed by atoms with Gasteiger partial charge < -0.3 is 45.1 Å². The molecule has 5 aromatic rings. The topological polar surface area (TPSA) is 124 Å². The fourth-order valence-electron chi connectivity index (χ4n) is 9.24. The summed E-state index contributed by atoms with van der Waals surface area (Å²) in [5.41, 5.74) is 15.9. The van der Waals surface area contributed by atoms with E-state index >= 15 is 0 Å². The van der Waals surface area contributed by atoms with Crippen LogP contribution in [0.1, 0.15) is 117 Å². The maximum absolute atomic E-state index is 12.0. The van der Waals surface area contributed by atoms with Gasteiger partial charge in [-0.1, -0.05) is 73.3 Å². The van der Waals surface area contributed by atoms with Crippen molar-refractivity contribution in [3.63, 3.8) is 0 Å². The van der Waals surface area contributed by atoms with E-state index < -0.39 is 0 Å². The molecule has 0 fully saturated rings. The van der Waals surface area contributed by atoms with Crippen LogP contribution in [0.15, 0.2) is 97.1 Å². The number of carbonyl (C=O) groups is 5. The number of hydrogen-bond acceptors (Lipinski definition) is 5. The number of rotatable bonds is 0. The first-order chi connectivity index (χ1) is 32.9. The van der Waals surface area contributed by atoms with E-state index in [1.165, 1.54) is 44.5 Å². The molecule has 74 heavy (non-hydrogen) atoms. The van der Waals surface area contributed by atoms with Gasteiger partial charge in [0.2, 0.25) is 17.7 Å². The maximum atomic E-state index is 12.0. The number of hydrogen-bond donors (Lipinski definition) is 1. The van der Waals surface area contributed by atoms with Crippen LogP contribution in [0.25, 0.3) is 5.32 Å². The quantitative estimate of drug-likeness (QED) is 0.155. The van der Waals surface area contributed by atoms with Crippen molar-refractivity contribution >= 4 is 46.6 Å². The normalized spacial score (nSPS) is 17.1. The van der Waals surface area contributed by atoms with E-state index in [1.807, 2.05) is 113 Å². The molecule has 0 saturated carbocycles. The molecule has 392 valence electrons. The zero-order valence-electron chi connectivity index (χ0n) is 46.0. The average Bonchev–Trinajstić information content (AvgIpc) is 3.57. The first-order valence-corrected chi connectivity index (χ1v) is 24.4. The molecule has 5 aliphatic heterocycles. The second-order valence-electron chi connectivity index (χ2n) is 19.1. The number of nitrogens with zero attached hydrogens (tertiary/aromatic N) is 5. The predicted octanol–water partition coefficient (Wildman–Crippen LogP) is 11.1. The van der Waals surface area contributed by atoms with E-state index in [1.54, 1.807) is 21.7 Å². The van der Waals surface area contributed by atoms with E-state index in [0.29, 0.717) is 32.0 Å². The van der Waals surface area contributed by atoms with Crippen molar-refractivity contribution in [1.29, 1.82) is 0 Å². The molecule has 2 atom stereocenters. The molecule has 11 nitrogen and oxygen atoms in total. The second kappa shape index (κ2) is 32.0. The second-order valence-corrected chi connectivity index (χ2v) is 19.1. The van der Waals surface area contributed by atoms with Gasteiger partial charge in [-0.2, -0.15) is 0 Å². The van der Waals surface area contributed by atoms with Gasteiger partial charge >= 0.3 is 0 Å². The predicted molar refractivity (Wildman–Crippen MR) is 293 cm³/mol. The molecule has 5 amide bonds. The summed E-state index contributed by atoms with van der Waals surface area (Å²) in [7, 11) is 7.39. The Kier molecular flexibility index (Phi) is 29.5. The fourth-order valence-corrected chi connectivity index (χ4v) is 9.24. The molecule has 0 saturated heterocycles. The molecule has 5 aromatic carbocycles. The third-order valence-corrected chi connectivity index (χ3v) is 13.9. The Bertz CT molecular complexity index is 2630. The Balaban J connectivity index is 0.000000455. The molecule has 5 aliphatic rings. The van der Waals surface area contributed by atoms with Crippen LogP contribution in [-0.2, 0) is 97.9 Å². The van der Waals surface area contributed by atoms with Crippen LogP contribution in [-0.4, -0.2) is 81.3 Å². The summed E-state index contributed by atoms with van der Waals surface area (Å²) in [6.45, 7) is 13.4. The number of anilines is 3. The molecule has 5 heterocycles. The van der Waals surface area contributed by atoms with Crippen LogP contribution in [0.5, 0.6) is 0 Å². The van der Waals surface area contributed by atoms with Crippen LogP contribution in [0.4, 0.5) is 17.1 Å². The van der Waals surface area contributed by atoms with Gasteiger partial charge in [-0.25, -0.2) is 0 Å². The number of amides is 5. The van der Waals surface area contributed by atoms with Crippen molar-refractivity contribution in [3.8, 4) is 0 Å². The largest absolute Gasteiger partial charge is 0.651 e. The molecule has 0 spiro atoms. The molecule has 0 aromatic heterocycles. The molecule has 0 aliphatic carbocycles. The number of carbonyl (C=O) groups excluding carboxylic acids is 5. The van der Waals surface area contributed by atoms with Crippen molar-refractivity contribution in [1.82, 2.24) is 10.2 Å². The van der Waals surface area contributed by atoms with E-state index in [2.05, 4.69) is 62.6 Å². The standard InChI is InChI=1S/C13H17NO.2C12H15NO.C11H13NO.C10H11N2O.2CH3.U.V.Y/c1-8-5-11-7-10(3)14(4)13(15)12(11)6-9(8)2;1-7-4-10-6-9(3)13-12(14)11(10)5-8(7)2;1-13-11-8-4-2-6-10(11)7-3-5-9-12(13)14;1-12-10-7-3-2-5-9(10)6-4-8-11(12)13;1-12-9-5-3-2-4-8(9)6-11-7-10(12)13;;;;;/h5-6,10H,7H2,1-4H3;4-5,9H,6H2,1-3H3,(H,13,14);2,4,6,8H,3,5,7,9H2,1H3;2-3,5,7H,4,6,8H2,1H3;2-5H,6-7H2,1H3;2*1H3;;;/q;;;;3*-1;;;. The first kappa shape index (κ1) is 68.2. The number of fused-ring (bicyclic) bond motifs is 5. The summed E-state index contributed by atoms with van der Waals surface area (Å²) < 4.78 is 0. The summed E-state index contributed by atoms with van der Waals surface area (Å²) in [5, 5.41) is 7.10. The monoisotopic (exact) mass is 1340 g/mol. The molecule has 10 rings (SSSR count). The summed E-state index contributed by atoms with van der Waals surface area (Å²) in [6.07, 6.45) is 8.49. The van der Waals surface area contributed by atoms with Crippen molar-refractivity contribution < 1.29 is 106 Å². The third-order valence-electron chi connectivity index (χ3n) is 13.9. The average molecular weight is 1340 g/mol. The Morgan fingerprint density at radius 1 is 0.500 bits per heavy atom. The van der Waals surface area contributed by atoms with Gasteiger partial charge in [0.25, 0.3) is 11.8 Å². The summed E-state index contributed by atoms with van der Waals surface area (Å²) in [4.78, 5) is 65.3. The van der Waals surface area contributed by atoms with Crippen molar-refractivity contribution in [3.05, 3.63) is 178 Å². The van der Waals surface area contributed by atoms with Crippen LogP contribution >= 0.6 is 0 Å². The van der Waals surface area contributed by atoms with Gasteiger partial charge in [0.05, 0.1) is 0 Å². The summed E-state index contributed by atoms with van der Waals surface area (Å²) in [6, 6.07) is 33.1. The van der Waals surface area contributed by atoms with Crippen LogP contribution in [0.3, 0.4) is 0 Å². The molecule has 2 radical (unpaired) electrons. The Morgan fingerprint density at radius 3 is 1.45 bits per heavy atom. The van der Waals surface area contributed by atoms with E-state index in [0.717, 1.165) is 78.7 Å². The van der Waals surface area contributed by atoms with Crippen molar-refractivity contribution in [2.45, 2.75) is 118 Å². The van der Waals surface area contributed by atoms with E-state index in [4.69, 9.17) is 0 Å². The SMILES string of the molecule is CN1C(=O)CCCCc2ccccc21.CN1C(=O)CCCc2ccccc21.CN1C(=O)C[N-]Cc2ccccc21.Cc1cc2c(cc1C)C(=O)N(C)C(C)C2.Cc1cc2c(cc1C)C(=O)NC(C)C2.[CH3-].[CH3-].[U].[V].[Y]. The third kappa shape index (κ3) is 17.6. The fraction of sp³-hybridized carbons (Fsp3) is 0.383. The van der Waals surface area contributed by atoms with Gasteiger partial charge in [-0.05, 0) is 167 Å². The number of likely N-dealkylation sites (N-methyl/N-ethyl adjacent to an activating group) is 2. The Hall–Kier alpha value is -3.85. The Labute approximate surface area is 504 Å². The zero-order chi connectivity index (χ0) is 49.9. The summed E-state index contributed by atoms with van der Waals surface area (Å²) in [5.74, 6) is 0.751. The number of benzene rings is 5. The molecule has 14 heteroatoms. The number of para-hydroxylation sites is 3. The van der Waals surface area contributed by atoms with Crippen molar-refractivity contribution in [2.75, 3.05) is 49.4 Å². The first-order valence-electron chi connectivity index (χ1n) is 24.4.